The standard InChI is InChI=1S/C18H28N2O/c1-14-7-6-8-16(13-14)18(10-4-3-5-11-18)17(21)20-12-9-15(2)19/h6-8,13,15H,3-5,9-12,19H2,1-2H3,(H,20,21). The molecule has 1 fully saturated rings. The van der Waals surface area contributed by atoms with Crippen molar-refractivity contribution < 1.29 is 4.79 Å². The molecule has 1 aliphatic rings. The third-order valence-corrected chi connectivity index (χ3v) is 4.60. The van der Waals surface area contributed by atoms with Crippen molar-refractivity contribution in [2.75, 3.05) is 6.54 Å². The molecule has 21 heavy (non-hydrogen) atoms. The number of amides is 1. The van der Waals surface area contributed by atoms with Gasteiger partial charge in [-0.1, -0.05) is 49.1 Å². The second-order valence-corrected chi connectivity index (χ2v) is 6.53. The number of hydrogen-bond acceptors (Lipinski definition) is 2. The van der Waals surface area contributed by atoms with Crippen molar-refractivity contribution in [3.05, 3.63) is 35.4 Å². The van der Waals surface area contributed by atoms with E-state index in [1.54, 1.807) is 0 Å². The summed E-state index contributed by atoms with van der Waals surface area (Å²) in [5.41, 5.74) is 7.84. The van der Waals surface area contributed by atoms with Crippen LogP contribution in [0.2, 0.25) is 0 Å². The molecule has 116 valence electrons. The van der Waals surface area contributed by atoms with Gasteiger partial charge in [-0.25, -0.2) is 0 Å². The number of rotatable bonds is 5. The second kappa shape index (κ2) is 7.08. The molecule has 0 saturated heterocycles. The predicted molar refractivity (Wildman–Crippen MR) is 87.2 cm³/mol. The Balaban J connectivity index is 2.18. The number of nitrogens with two attached hydrogens (primary N) is 1. The van der Waals surface area contributed by atoms with Gasteiger partial charge in [0.05, 0.1) is 5.41 Å². The molecule has 0 aliphatic heterocycles. The summed E-state index contributed by atoms with van der Waals surface area (Å²) in [7, 11) is 0. The van der Waals surface area contributed by atoms with E-state index in [2.05, 4.69) is 36.5 Å². The number of aryl methyl sites for hydroxylation is 1. The molecule has 1 aromatic carbocycles. The molecule has 0 aromatic heterocycles. The highest BCUT2D eigenvalue weighted by Gasteiger charge is 2.40. The fraction of sp³-hybridized carbons (Fsp3) is 0.611. The first-order chi connectivity index (χ1) is 10.0. The molecule has 1 amide bonds. The van der Waals surface area contributed by atoms with Crippen LogP contribution in [-0.4, -0.2) is 18.5 Å². The van der Waals surface area contributed by atoms with Gasteiger partial charge in [-0.3, -0.25) is 4.79 Å². The van der Waals surface area contributed by atoms with E-state index in [-0.39, 0.29) is 17.4 Å². The highest BCUT2D eigenvalue weighted by molar-refractivity contribution is 5.88. The molecule has 3 nitrogen and oxygen atoms in total. The molecule has 1 aromatic rings. The Morgan fingerprint density at radius 2 is 2.05 bits per heavy atom. The molecule has 2 rings (SSSR count). The van der Waals surface area contributed by atoms with Crippen molar-refractivity contribution in [1.29, 1.82) is 0 Å². The van der Waals surface area contributed by atoms with Crippen molar-refractivity contribution in [2.24, 2.45) is 5.73 Å². The van der Waals surface area contributed by atoms with Gasteiger partial charge in [0.2, 0.25) is 5.91 Å². The van der Waals surface area contributed by atoms with Crippen LogP contribution in [0.1, 0.15) is 56.6 Å². The van der Waals surface area contributed by atoms with Crippen molar-refractivity contribution in [3.63, 3.8) is 0 Å². The van der Waals surface area contributed by atoms with Crippen LogP contribution < -0.4 is 11.1 Å². The van der Waals surface area contributed by atoms with Gasteiger partial charge in [0.15, 0.2) is 0 Å². The first-order valence-corrected chi connectivity index (χ1v) is 8.16. The first kappa shape index (κ1) is 16.0. The summed E-state index contributed by atoms with van der Waals surface area (Å²) in [4.78, 5) is 12.9. The van der Waals surface area contributed by atoms with E-state index >= 15 is 0 Å². The third-order valence-electron chi connectivity index (χ3n) is 4.60. The molecule has 3 N–H and O–H groups in total. The number of carbonyl (C=O) groups excluding carboxylic acids is 1. The molecule has 3 heteroatoms. The molecule has 0 radical (unpaired) electrons. The predicted octanol–water partition coefficient (Wildman–Crippen LogP) is 3.05. The summed E-state index contributed by atoms with van der Waals surface area (Å²) >= 11 is 0. The second-order valence-electron chi connectivity index (χ2n) is 6.53. The number of carbonyl (C=O) groups is 1. The minimum Gasteiger partial charge on any atom is -0.355 e. The van der Waals surface area contributed by atoms with Gasteiger partial charge in [0.25, 0.3) is 0 Å². The molecule has 1 atom stereocenters. The third kappa shape index (κ3) is 3.85. The Bertz CT molecular complexity index is 476. The Labute approximate surface area is 128 Å². The van der Waals surface area contributed by atoms with E-state index in [9.17, 15) is 4.79 Å². The van der Waals surface area contributed by atoms with Gasteiger partial charge >= 0.3 is 0 Å². The van der Waals surface area contributed by atoms with Crippen LogP contribution in [0.4, 0.5) is 0 Å². The van der Waals surface area contributed by atoms with Crippen LogP contribution >= 0.6 is 0 Å². The Kier molecular flexibility index (Phi) is 5.40. The van der Waals surface area contributed by atoms with E-state index in [1.165, 1.54) is 17.5 Å². The molecule has 0 spiro atoms. The van der Waals surface area contributed by atoms with Crippen molar-refractivity contribution >= 4 is 5.91 Å². The van der Waals surface area contributed by atoms with E-state index in [0.29, 0.717) is 6.54 Å². The normalized spacial score (nSPS) is 19.0. The zero-order valence-electron chi connectivity index (χ0n) is 13.3. The number of hydrogen-bond donors (Lipinski definition) is 2. The van der Waals surface area contributed by atoms with Gasteiger partial charge in [0.1, 0.15) is 0 Å². The lowest BCUT2D eigenvalue weighted by atomic mass is 9.68. The maximum atomic E-state index is 12.9. The maximum Gasteiger partial charge on any atom is 0.230 e. The van der Waals surface area contributed by atoms with Crippen molar-refractivity contribution in [1.82, 2.24) is 5.32 Å². The molecular weight excluding hydrogens is 260 g/mol. The van der Waals surface area contributed by atoms with Gasteiger partial charge in [-0.15, -0.1) is 0 Å². The Morgan fingerprint density at radius 3 is 2.67 bits per heavy atom. The lowest BCUT2D eigenvalue weighted by Crippen LogP contribution is -2.46. The van der Waals surface area contributed by atoms with Crippen LogP contribution in [0, 0.1) is 6.92 Å². The highest BCUT2D eigenvalue weighted by Crippen LogP contribution is 2.40. The lowest BCUT2D eigenvalue weighted by molar-refractivity contribution is -0.128. The molecule has 0 bridgehead atoms. The summed E-state index contributed by atoms with van der Waals surface area (Å²) in [5.74, 6) is 0.188. The van der Waals surface area contributed by atoms with E-state index < -0.39 is 0 Å². The van der Waals surface area contributed by atoms with Gasteiger partial charge < -0.3 is 11.1 Å². The average molecular weight is 288 g/mol. The first-order valence-electron chi connectivity index (χ1n) is 8.16. The summed E-state index contributed by atoms with van der Waals surface area (Å²) in [5, 5.41) is 3.12. The molecule has 0 heterocycles. The Hall–Kier alpha value is -1.35. The molecule has 1 aliphatic carbocycles. The molecule has 1 unspecified atom stereocenters. The van der Waals surface area contributed by atoms with Crippen LogP contribution in [0.25, 0.3) is 0 Å². The smallest absolute Gasteiger partial charge is 0.230 e. The Morgan fingerprint density at radius 1 is 1.33 bits per heavy atom. The number of benzene rings is 1. The molecular formula is C18H28N2O. The zero-order chi connectivity index (χ0) is 15.3. The highest BCUT2D eigenvalue weighted by atomic mass is 16.2. The summed E-state index contributed by atoms with van der Waals surface area (Å²) in [6.45, 7) is 4.74. The topological polar surface area (TPSA) is 55.1 Å². The summed E-state index contributed by atoms with van der Waals surface area (Å²) < 4.78 is 0. The van der Waals surface area contributed by atoms with E-state index in [4.69, 9.17) is 5.73 Å². The van der Waals surface area contributed by atoms with Crippen molar-refractivity contribution in [3.8, 4) is 0 Å². The SMILES string of the molecule is Cc1cccc(C2(C(=O)NCCC(C)N)CCCCC2)c1. The quantitative estimate of drug-likeness (QED) is 0.875. The monoisotopic (exact) mass is 288 g/mol. The average Bonchev–Trinajstić information content (AvgIpc) is 2.47. The number of nitrogens with one attached hydrogen (secondary N) is 1. The van der Waals surface area contributed by atoms with Gasteiger partial charge in [-0.05, 0) is 38.7 Å². The summed E-state index contributed by atoms with van der Waals surface area (Å²) in [6, 6.07) is 8.58. The minimum absolute atomic E-state index is 0.131. The van der Waals surface area contributed by atoms with Gasteiger partial charge in [-0.2, -0.15) is 0 Å². The van der Waals surface area contributed by atoms with Crippen LogP contribution in [-0.2, 0) is 10.2 Å². The largest absolute Gasteiger partial charge is 0.355 e. The van der Waals surface area contributed by atoms with E-state index in [0.717, 1.165) is 32.1 Å². The minimum atomic E-state index is -0.331. The molecule has 1 saturated carbocycles. The van der Waals surface area contributed by atoms with Crippen LogP contribution in [0.15, 0.2) is 24.3 Å². The van der Waals surface area contributed by atoms with Crippen LogP contribution in [0.3, 0.4) is 0 Å². The van der Waals surface area contributed by atoms with Gasteiger partial charge in [0, 0.05) is 12.6 Å². The lowest BCUT2D eigenvalue weighted by Gasteiger charge is -2.36. The van der Waals surface area contributed by atoms with Crippen molar-refractivity contribution in [2.45, 2.75) is 63.8 Å². The maximum absolute atomic E-state index is 12.9. The summed E-state index contributed by atoms with van der Waals surface area (Å²) in [6.07, 6.45) is 6.25. The zero-order valence-corrected chi connectivity index (χ0v) is 13.3. The van der Waals surface area contributed by atoms with E-state index in [1.807, 2.05) is 6.92 Å². The fourth-order valence-corrected chi connectivity index (χ4v) is 3.33. The van der Waals surface area contributed by atoms with Crippen LogP contribution in [0.5, 0.6) is 0 Å². The fourth-order valence-electron chi connectivity index (χ4n) is 3.33.